The van der Waals surface area contributed by atoms with Gasteiger partial charge in [-0.25, -0.2) is 0 Å². The Hall–Kier alpha value is -0.0300. The van der Waals surface area contributed by atoms with Crippen LogP contribution in [0.1, 0.15) is 26.7 Å². The average Bonchev–Trinajstić information content (AvgIpc) is 2.26. The molecule has 1 atom stereocenters. The smallest absolute Gasteiger partial charge is 0.304 e. The summed E-state index contributed by atoms with van der Waals surface area (Å²) in [7, 11) is 0. The number of hydrogen-bond donors (Lipinski definition) is 1. The normalized spacial score (nSPS) is 18.9. The van der Waals surface area contributed by atoms with E-state index in [1.807, 2.05) is 0 Å². The lowest BCUT2D eigenvalue weighted by atomic mass is 10.2. The molecular formula is C11H24Cl2N2O2. The topological polar surface area (TPSA) is 43.8 Å². The highest BCUT2D eigenvalue weighted by atomic mass is 35.5. The Morgan fingerprint density at radius 2 is 1.76 bits per heavy atom. The summed E-state index contributed by atoms with van der Waals surface area (Å²) in [5.41, 5.74) is 0. The number of piperazine rings is 1. The Balaban J connectivity index is 0. The largest absolute Gasteiger partial charge is 0.481 e. The molecular weight excluding hydrogens is 263 g/mol. The Morgan fingerprint density at radius 1 is 1.24 bits per heavy atom. The van der Waals surface area contributed by atoms with Crippen LogP contribution in [0.4, 0.5) is 0 Å². The summed E-state index contributed by atoms with van der Waals surface area (Å²) < 4.78 is 0. The fourth-order valence-electron chi connectivity index (χ4n) is 1.94. The third kappa shape index (κ3) is 7.09. The molecule has 1 aliphatic rings. The highest BCUT2D eigenvalue weighted by Crippen LogP contribution is 2.08. The van der Waals surface area contributed by atoms with Crippen molar-refractivity contribution in [3.05, 3.63) is 0 Å². The molecule has 0 aromatic rings. The molecule has 1 fully saturated rings. The zero-order valence-corrected chi connectivity index (χ0v) is 12.2. The van der Waals surface area contributed by atoms with Crippen LogP contribution in [0.5, 0.6) is 0 Å². The van der Waals surface area contributed by atoms with Crippen LogP contribution in [0, 0.1) is 0 Å². The molecule has 0 bridgehead atoms. The van der Waals surface area contributed by atoms with Gasteiger partial charge in [-0.2, -0.15) is 0 Å². The maximum Gasteiger partial charge on any atom is 0.304 e. The standard InChI is InChI=1S/C11H22N2O2.2ClH/c1-3-10(2)13-8-6-12(7-9-13)5-4-11(14)15;;/h10H,3-9H2,1-2H3,(H,14,15);2*1H. The van der Waals surface area contributed by atoms with E-state index in [4.69, 9.17) is 5.11 Å². The van der Waals surface area contributed by atoms with E-state index in [2.05, 4.69) is 23.6 Å². The van der Waals surface area contributed by atoms with Crippen LogP contribution in [-0.2, 0) is 4.79 Å². The maximum absolute atomic E-state index is 10.4. The molecule has 0 aromatic heterocycles. The number of carbonyl (C=O) groups is 1. The Bertz CT molecular complexity index is 210. The second-order valence-corrected chi connectivity index (χ2v) is 4.28. The van der Waals surface area contributed by atoms with Crippen LogP contribution in [-0.4, -0.2) is 59.6 Å². The molecule has 104 valence electrons. The van der Waals surface area contributed by atoms with Crippen LogP contribution in [0.3, 0.4) is 0 Å². The molecule has 0 radical (unpaired) electrons. The quantitative estimate of drug-likeness (QED) is 0.836. The fourth-order valence-corrected chi connectivity index (χ4v) is 1.94. The van der Waals surface area contributed by atoms with Gasteiger partial charge in [0.25, 0.3) is 0 Å². The second-order valence-electron chi connectivity index (χ2n) is 4.28. The minimum Gasteiger partial charge on any atom is -0.481 e. The zero-order chi connectivity index (χ0) is 11.3. The van der Waals surface area contributed by atoms with Crippen LogP contribution in [0.15, 0.2) is 0 Å². The number of carboxylic acids is 1. The molecule has 1 aliphatic heterocycles. The maximum atomic E-state index is 10.4. The van der Waals surface area contributed by atoms with Crippen LogP contribution in [0.25, 0.3) is 0 Å². The highest BCUT2D eigenvalue weighted by molar-refractivity contribution is 5.85. The van der Waals surface area contributed by atoms with E-state index < -0.39 is 5.97 Å². The van der Waals surface area contributed by atoms with Crippen molar-refractivity contribution < 1.29 is 9.90 Å². The van der Waals surface area contributed by atoms with Gasteiger partial charge in [0, 0.05) is 38.8 Å². The SMILES string of the molecule is CCC(C)N1CCN(CCC(=O)O)CC1.Cl.Cl. The first-order chi connectivity index (χ1) is 7.13. The molecule has 1 heterocycles. The predicted octanol–water partition coefficient (Wildman–Crippen LogP) is 1.72. The molecule has 6 heteroatoms. The molecule has 1 unspecified atom stereocenters. The molecule has 17 heavy (non-hydrogen) atoms. The second kappa shape index (κ2) is 9.95. The van der Waals surface area contributed by atoms with Crippen molar-refractivity contribution in [1.82, 2.24) is 9.80 Å². The van der Waals surface area contributed by atoms with E-state index in [1.54, 1.807) is 0 Å². The molecule has 1 saturated heterocycles. The number of nitrogens with zero attached hydrogens (tertiary/aromatic N) is 2. The third-order valence-electron chi connectivity index (χ3n) is 3.26. The van der Waals surface area contributed by atoms with Gasteiger partial charge in [-0.3, -0.25) is 9.69 Å². The summed E-state index contributed by atoms with van der Waals surface area (Å²) in [6.07, 6.45) is 1.46. The predicted molar refractivity (Wildman–Crippen MR) is 74.5 cm³/mol. The number of carboxylic acid groups (broad SMARTS) is 1. The summed E-state index contributed by atoms with van der Waals surface area (Å²) in [6, 6.07) is 0.659. The van der Waals surface area contributed by atoms with E-state index in [-0.39, 0.29) is 31.2 Å². The highest BCUT2D eigenvalue weighted by Gasteiger charge is 2.19. The van der Waals surface area contributed by atoms with Gasteiger partial charge in [0.1, 0.15) is 0 Å². The summed E-state index contributed by atoms with van der Waals surface area (Å²) in [5.74, 6) is -0.695. The van der Waals surface area contributed by atoms with Crippen molar-refractivity contribution in [1.29, 1.82) is 0 Å². The van der Waals surface area contributed by atoms with Crippen molar-refractivity contribution in [2.75, 3.05) is 32.7 Å². The van der Waals surface area contributed by atoms with Gasteiger partial charge in [-0.1, -0.05) is 6.92 Å². The number of hydrogen-bond acceptors (Lipinski definition) is 3. The molecule has 1 rings (SSSR count). The first-order valence-electron chi connectivity index (χ1n) is 5.81. The molecule has 1 N–H and O–H groups in total. The van der Waals surface area contributed by atoms with Gasteiger partial charge in [-0.15, -0.1) is 24.8 Å². The summed E-state index contributed by atoms with van der Waals surface area (Å²) in [5, 5.41) is 8.59. The summed E-state index contributed by atoms with van der Waals surface area (Å²) in [4.78, 5) is 15.2. The number of halogens is 2. The van der Waals surface area contributed by atoms with Gasteiger partial charge >= 0.3 is 5.97 Å². The van der Waals surface area contributed by atoms with Gasteiger partial charge in [0.05, 0.1) is 6.42 Å². The van der Waals surface area contributed by atoms with Crippen LogP contribution >= 0.6 is 24.8 Å². The van der Waals surface area contributed by atoms with Crippen LogP contribution in [0.2, 0.25) is 0 Å². The average molecular weight is 287 g/mol. The monoisotopic (exact) mass is 286 g/mol. The van der Waals surface area contributed by atoms with Gasteiger partial charge in [0.15, 0.2) is 0 Å². The van der Waals surface area contributed by atoms with Gasteiger partial charge in [-0.05, 0) is 13.3 Å². The lowest BCUT2D eigenvalue weighted by Crippen LogP contribution is -2.49. The van der Waals surface area contributed by atoms with Crippen LogP contribution < -0.4 is 0 Å². The first-order valence-corrected chi connectivity index (χ1v) is 5.81. The Kier molecular flexibility index (Phi) is 11.3. The number of rotatable bonds is 5. The fraction of sp³-hybridized carbons (Fsp3) is 0.909. The van der Waals surface area contributed by atoms with Crippen molar-refractivity contribution in [2.24, 2.45) is 0 Å². The molecule has 4 nitrogen and oxygen atoms in total. The van der Waals surface area contributed by atoms with Gasteiger partial charge < -0.3 is 10.0 Å². The van der Waals surface area contributed by atoms with E-state index >= 15 is 0 Å². The summed E-state index contributed by atoms with van der Waals surface area (Å²) >= 11 is 0. The molecule has 0 amide bonds. The third-order valence-corrected chi connectivity index (χ3v) is 3.26. The molecule has 0 aromatic carbocycles. The number of aliphatic carboxylic acids is 1. The molecule has 0 saturated carbocycles. The van der Waals surface area contributed by atoms with E-state index in [0.29, 0.717) is 12.6 Å². The lowest BCUT2D eigenvalue weighted by molar-refractivity contribution is -0.137. The minimum absolute atomic E-state index is 0. The minimum atomic E-state index is -0.695. The van der Waals surface area contributed by atoms with Crippen molar-refractivity contribution in [2.45, 2.75) is 32.7 Å². The Labute approximate surface area is 116 Å². The summed E-state index contributed by atoms with van der Waals surface area (Å²) in [6.45, 7) is 9.34. The van der Waals surface area contributed by atoms with Crippen molar-refractivity contribution in [3.8, 4) is 0 Å². The lowest BCUT2D eigenvalue weighted by Gasteiger charge is -2.37. The first kappa shape index (κ1) is 19.3. The molecule has 0 spiro atoms. The van der Waals surface area contributed by atoms with Crippen molar-refractivity contribution in [3.63, 3.8) is 0 Å². The molecule has 0 aliphatic carbocycles. The van der Waals surface area contributed by atoms with Crippen molar-refractivity contribution >= 4 is 30.8 Å². The van der Waals surface area contributed by atoms with E-state index in [1.165, 1.54) is 6.42 Å². The van der Waals surface area contributed by atoms with E-state index in [9.17, 15) is 4.79 Å². The van der Waals surface area contributed by atoms with Gasteiger partial charge in [0.2, 0.25) is 0 Å². The van der Waals surface area contributed by atoms with E-state index in [0.717, 1.165) is 26.2 Å². The Morgan fingerprint density at radius 3 is 2.18 bits per heavy atom. The zero-order valence-electron chi connectivity index (χ0n) is 10.6.